The third kappa shape index (κ3) is 2.67. The first-order chi connectivity index (χ1) is 9.74. The highest BCUT2D eigenvalue weighted by atomic mass is 32.1. The highest BCUT2D eigenvalue weighted by molar-refractivity contribution is 7.09. The zero-order chi connectivity index (χ0) is 13.9. The van der Waals surface area contributed by atoms with Crippen molar-refractivity contribution >= 4 is 17.3 Å². The van der Waals surface area contributed by atoms with Gasteiger partial charge in [0.2, 0.25) is 0 Å². The highest BCUT2D eigenvalue weighted by Crippen LogP contribution is 2.26. The van der Waals surface area contributed by atoms with E-state index in [1.165, 1.54) is 4.88 Å². The molecule has 2 heterocycles. The lowest BCUT2D eigenvalue weighted by molar-refractivity contribution is 0.0509. The van der Waals surface area contributed by atoms with Crippen LogP contribution in [0.15, 0.2) is 23.7 Å². The standard InChI is InChI=1S/C15H15NO3S/c1-10-14(20-9-16-10)5-7-19-15(17)12-2-3-13-11(8-12)4-6-18-13/h2-3,8-9H,4-7H2,1H3. The van der Waals surface area contributed by atoms with Gasteiger partial charge < -0.3 is 9.47 Å². The Hall–Kier alpha value is -1.88. The third-order valence-corrected chi connectivity index (χ3v) is 4.33. The second kappa shape index (κ2) is 5.63. The fourth-order valence-electron chi connectivity index (χ4n) is 2.20. The molecule has 5 heteroatoms. The molecule has 1 aromatic heterocycles. The van der Waals surface area contributed by atoms with Crippen molar-refractivity contribution < 1.29 is 14.3 Å². The van der Waals surface area contributed by atoms with Crippen LogP contribution in [0.1, 0.15) is 26.5 Å². The van der Waals surface area contributed by atoms with Crippen LogP contribution < -0.4 is 4.74 Å². The van der Waals surface area contributed by atoms with Crippen LogP contribution in [0.3, 0.4) is 0 Å². The molecule has 1 aliphatic heterocycles. The second-order valence-corrected chi connectivity index (χ2v) is 5.61. The van der Waals surface area contributed by atoms with Gasteiger partial charge in [-0.1, -0.05) is 0 Å². The Bertz CT molecular complexity index is 636. The van der Waals surface area contributed by atoms with E-state index in [4.69, 9.17) is 9.47 Å². The summed E-state index contributed by atoms with van der Waals surface area (Å²) in [5.74, 6) is 0.601. The molecule has 0 radical (unpaired) electrons. The monoisotopic (exact) mass is 289 g/mol. The van der Waals surface area contributed by atoms with Crippen LogP contribution in [-0.4, -0.2) is 24.2 Å². The minimum absolute atomic E-state index is 0.276. The first kappa shape index (κ1) is 13.1. The van der Waals surface area contributed by atoms with Gasteiger partial charge in [-0.05, 0) is 30.7 Å². The van der Waals surface area contributed by atoms with Crippen molar-refractivity contribution in [2.24, 2.45) is 0 Å². The molecule has 0 aliphatic carbocycles. The zero-order valence-electron chi connectivity index (χ0n) is 11.2. The molecule has 2 aromatic rings. The Labute approximate surface area is 121 Å². The summed E-state index contributed by atoms with van der Waals surface area (Å²) < 4.78 is 10.7. The van der Waals surface area contributed by atoms with Crippen LogP contribution in [0, 0.1) is 6.92 Å². The fourth-order valence-corrected chi connectivity index (χ4v) is 2.96. The lowest BCUT2D eigenvalue weighted by atomic mass is 10.1. The summed E-state index contributed by atoms with van der Waals surface area (Å²) >= 11 is 1.59. The maximum Gasteiger partial charge on any atom is 0.338 e. The molecule has 1 aromatic carbocycles. The molecular formula is C15H15NO3S. The number of hydrogen-bond donors (Lipinski definition) is 0. The quantitative estimate of drug-likeness (QED) is 0.812. The van der Waals surface area contributed by atoms with Crippen molar-refractivity contribution in [1.82, 2.24) is 4.98 Å². The van der Waals surface area contributed by atoms with E-state index < -0.39 is 0 Å². The number of hydrogen-bond acceptors (Lipinski definition) is 5. The first-order valence-corrected chi connectivity index (χ1v) is 7.44. The number of fused-ring (bicyclic) bond motifs is 1. The van der Waals surface area contributed by atoms with Crippen molar-refractivity contribution in [2.45, 2.75) is 19.8 Å². The van der Waals surface area contributed by atoms with E-state index in [2.05, 4.69) is 4.98 Å². The number of aromatic nitrogens is 1. The molecule has 0 saturated heterocycles. The van der Waals surface area contributed by atoms with Gasteiger partial charge in [0.1, 0.15) is 5.75 Å². The Kier molecular flexibility index (Phi) is 3.69. The smallest absolute Gasteiger partial charge is 0.338 e. The minimum atomic E-state index is -0.276. The van der Waals surface area contributed by atoms with E-state index in [1.807, 2.05) is 24.6 Å². The molecule has 104 valence electrons. The van der Waals surface area contributed by atoms with Crippen LogP contribution in [0.4, 0.5) is 0 Å². The molecule has 0 spiro atoms. The molecule has 3 rings (SSSR count). The predicted molar refractivity (Wildman–Crippen MR) is 76.5 cm³/mol. The molecule has 0 saturated carbocycles. The van der Waals surface area contributed by atoms with E-state index in [0.29, 0.717) is 18.8 Å². The summed E-state index contributed by atoms with van der Waals surface area (Å²) in [6.07, 6.45) is 1.58. The molecule has 0 bridgehead atoms. The molecule has 0 fully saturated rings. The zero-order valence-corrected chi connectivity index (χ0v) is 12.0. The number of ether oxygens (including phenoxy) is 2. The Morgan fingerprint density at radius 3 is 3.20 bits per heavy atom. The fraction of sp³-hybridized carbons (Fsp3) is 0.333. The summed E-state index contributed by atoms with van der Waals surface area (Å²) in [4.78, 5) is 17.3. The van der Waals surface area contributed by atoms with E-state index in [0.717, 1.165) is 29.8 Å². The number of esters is 1. The van der Waals surface area contributed by atoms with Crippen LogP contribution >= 0.6 is 11.3 Å². The van der Waals surface area contributed by atoms with Gasteiger partial charge in [0.15, 0.2) is 0 Å². The summed E-state index contributed by atoms with van der Waals surface area (Å²) in [5.41, 5.74) is 4.50. The first-order valence-electron chi connectivity index (χ1n) is 6.56. The van der Waals surface area contributed by atoms with Crippen LogP contribution in [0.25, 0.3) is 0 Å². The topological polar surface area (TPSA) is 48.4 Å². The number of carbonyl (C=O) groups is 1. The minimum Gasteiger partial charge on any atom is -0.493 e. The number of benzene rings is 1. The maximum absolute atomic E-state index is 12.0. The summed E-state index contributed by atoms with van der Waals surface area (Å²) in [6.45, 7) is 3.04. The summed E-state index contributed by atoms with van der Waals surface area (Å²) in [5, 5.41) is 0. The van der Waals surface area contributed by atoms with Crippen molar-refractivity contribution in [1.29, 1.82) is 0 Å². The number of thiazole rings is 1. The van der Waals surface area contributed by atoms with Gasteiger partial charge in [0, 0.05) is 17.7 Å². The molecule has 0 N–H and O–H groups in total. The van der Waals surface area contributed by atoms with Crippen molar-refractivity contribution in [3.05, 3.63) is 45.4 Å². The van der Waals surface area contributed by atoms with Crippen molar-refractivity contribution in [3.63, 3.8) is 0 Å². The normalized spacial score (nSPS) is 12.8. The van der Waals surface area contributed by atoms with E-state index >= 15 is 0 Å². The Morgan fingerprint density at radius 1 is 1.50 bits per heavy atom. The van der Waals surface area contributed by atoms with E-state index in [1.54, 1.807) is 17.4 Å². The molecular weight excluding hydrogens is 274 g/mol. The SMILES string of the molecule is Cc1ncsc1CCOC(=O)c1ccc2c(c1)CCO2. The number of rotatable bonds is 4. The van der Waals surface area contributed by atoms with Crippen LogP contribution in [0.2, 0.25) is 0 Å². The Balaban J connectivity index is 1.58. The second-order valence-electron chi connectivity index (χ2n) is 4.67. The number of nitrogens with zero attached hydrogens (tertiary/aromatic N) is 1. The van der Waals surface area contributed by atoms with Crippen LogP contribution in [-0.2, 0) is 17.6 Å². The average molecular weight is 289 g/mol. The van der Waals surface area contributed by atoms with Gasteiger partial charge in [-0.2, -0.15) is 0 Å². The number of aryl methyl sites for hydroxylation is 1. The molecule has 20 heavy (non-hydrogen) atoms. The largest absolute Gasteiger partial charge is 0.493 e. The Morgan fingerprint density at radius 2 is 2.40 bits per heavy atom. The molecule has 1 aliphatic rings. The van der Waals surface area contributed by atoms with Gasteiger partial charge >= 0.3 is 5.97 Å². The molecule has 0 amide bonds. The van der Waals surface area contributed by atoms with E-state index in [9.17, 15) is 4.79 Å². The van der Waals surface area contributed by atoms with Crippen molar-refractivity contribution in [2.75, 3.05) is 13.2 Å². The predicted octanol–water partition coefficient (Wildman–Crippen LogP) is 2.79. The van der Waals surface area contributed by atoms with Crippen molar-refractivity contribution in [3.8, 4) is 5.75 Å². The lowest BCUT2D eigenvalue weighted by Gasteiger charge is -2.05. The number of carbonyl (C=O) groups excluding carboxylic acids is 1. The molecule has 4 nitrogen and oxygen atoms in total. The van der Waals surface area contributed by atoms with Gasteiger partial charge in [-0.25, -0.2) is 9.78 Å². The van der Waals surface area contributed by atoms with Gasteiger partial charge in [0.25, 0.3) is 0 Å². The third-order valence-electron chi connectivity index (χ3n) is 3.33. The average Bonchev–Trinajstić information content (AvgIpc) is 3.07. The highest BCUT2D eigenvalue weighted by Gasteiger charge is 2.15. The molecule has 0 atom stereocenters. The summed E-state index contributed by atoms with van der Waals surface area (Å²) in [7, 11) is 0. The summed E-state index contributed by atoms with van der Waals surface area (Å²) in [6, 6.07) is 5.46. The maximum atomic E-state index is 12.0. The van der Waals surface area contributed by atoms with Gasteiger partial charge in [-0.15, -0.1) is 11.3 Å². The van der Waals surface area contributed by atoms with Gasteiger partial charge in [0.05, 0.1) is 30.0 Å². The van der Waals surface area contributed by atoms with E-state index in [-0.39, 0.29) is 5.97 Å². The lowest BCUT2D eigenvalue weighted by Crippen LogP contribution is -2.08. The van der Waals surface area contributed by atoms with Crippen LogP contribution in [0.5, 0.6) is 5.75 Å². The van der Waals surface area contributed by atoms with Gasteiger partial charge in [-0.3, -0.25) is 0 Å². The molecule has 0 unspecified atom stereocenters.